The minimum Gasteiger partial charge on any atom is -0.267 e. The van der Waals surface area contributed by atoms with Gasteiger partial charge in [-0.1, -0.05) is 48.6 Å². The normalized spacial score (nSPS) is 10.1. The second kappa shape index (κ2) is 4.51. The summed E-state index contributed by atoms with van der Waals surface area (Å²) in [5, 5.41) is 0. The summed E-state index contributed by atoms with van der Waals surface area (Å²) in [6.45, 7) is 4.42. The van der Waals surface area contributed by atoms with E-state index in [9.17, 15) is 0 Å². The summed E-state index contributed by atoms with van der Waals surface area (Å²) < 4.78 is 7.09. The van der Waals surface area contributed by atoms with Gasteiger partial charge in [0.25, 0.3) is 0 Å². The summed E-state index contributed by atoms with van der Waals surface area (Å²) in [5.41, 5.74) is 1.96. The van der Waals surface area contributed by atoms with Gasteiger partial charge in [-0.2, -0.15) is 4.37 Å². The number of nitrogens with zero attached hydrogens (tertiary/aromatic N) is 2. The van der Waals surface area contributed by atoms with E-state index in [1.165, 1.54) is 11.7 Å². The molecule has 0 aliphatic heterocycles. The molecular formula is C11H10N2S2. The summed E-state index contributed by atoms with van der Waals surface area (Å²) in [6, 6.07) is 9.99. The lowest BCUT2D eigenvalue weighted by atomic mass is 10.2. The number of benzene rings is 1. The molecule has 0 atom stereocenters. The van der Waals surface area contributed by atoms with Crippen molar-refractivity contribution in [2.75, 3.05) is 0 Å². The van der Waals surface area contributed by atoms with Crippen molar-refractivity contribution in [2.45, 2.75) is 6.54 Å². The first-order chi connectivity index (χ1) is 7.33. The standard InChI is InChI=1S/C11H10N2S2/c1-2-8-13-11(14)10(12-15-13)9-6-4-3-5-7-9/h2-7H,1,8H2. The Balaban J connectivity index is 2.47. The van der Waals surface area contributed by atoms with Crippen LogP contribution in [0, 0.1) is 4.64 Å². The monoisotopic (exact) mass is 234 g/mol. The maximum atomic E-state index is 5.34. The van der Waals surface area contributed by atoms with E-state index in [0.29, 0.717) is 0 Å². The van der Waals surface area contributed by atoms with Crippen LogP contribution in [0.3, 0.4) is 0 Å². The van der Waals surface area contributed by atoms with Crippen LogP contribution < -0.4 is 0 Å². The molecular weight excluding hydrogens is 224 g/mol. The van der Waals surface area contributed by atoms with Gasteiger partial charge in [0.15, 0.2) is 0 Å². The molecule has 0 spiro atoms. The second-order valence-electron chi connectivity index (χ2n) is 3.04. The van der Waals surface area contributed by atoms with E-state index in [0.717, 1.165) is 22.4 Å². The first-order valence-corrected chi connectivity index (χ1v) is 5.70. The highest BCUT2D eigenvalue weighted by atomic mass is 32.1. The molecule has 0 N–H and O–H groups in total. The zero-order valence-electron chi connectivity index (χ0n) is 8.09. The van der Waals surface area contributed by atoms with Crippen LogP contribution in [0.4, 0.5) is 0 Å². The molecule has 0 aliphatic rings. The molecule has 2 nitrogen and oxygen atoms in total. The lowest BCUT2D eigenvalue weighted by Gasteiger charge is -1.94. The van der Waals surface area contributed by atoms with Crippen LogP contribution in [0.5, 0.6) is 0 Å². The predicted molar refractivity (Wildman–Crippen MR) is 66.6 cm³/mol. The Labute approximate surface area is 97.8 Å². The molecule has 1 aromatic heterocycles. The lowest BCUT2D eigenvalue weighted by Crippen LogP contribution is -1.89. The summed E-state index contributed by atoms with van der Waals surface area (Å²) in [6.07, 6.45) is 1.82. The van der Waals surface area contributed by atoms with Gasteiger partial charge < -0.3 is 0 Å². The van der Waals surface area contributed by atoms with E-state index in [2.05, 4.69) is 11.0 Å². The summed E-state index contributed by atoms with van der Waals surface area (Å²) >= 11 is 6.72. The molecule has 2 rings (SSSR count). The number of aromatic nitrogens is 2. The van der Waals surface area contributed by atoms with Crippen LogP contribution >= 0.6 is 23.9 Å². The molecule has 1 heterocycles. The largest absolute Gasteiger partial charge is 0.267 e. The van der Waals surface area contributed by atoms with Crippen LogP contribution in [0.1, 0.15) is 0 Å². The smallest absolute Gasteiger partial charge is 0.144 e. The highest BCUT2D eigenvalue weighted by Crippen LogP contribution is 2.20. The molecule has 0 radical (unpaired) electrons. The molecule has 0 amide bonds. The van der Waals surface area contributed by atoms with E-state index in [-0.39, 0.29) is 0 Å². The molecule has 0 bridgehead atoms. The molecule has 0 aliphatic carbocycles. The molecule has 0 saturated heterocycles. The van der Waals surface area contributed by atoms with Crippen LogP contribution in [-0.2, 0) is 6.54 Å². The Bertz CT molecular complexity index is 511. The molecule has 0 fully saturated rings. The zero-order chi connectivity index (χ0) is 10.7. The Hall–Kier alpha value is -1.26. The van der Waals surface area contributed by atoms with Crippen LogP contribution in [0.25, 0.3) is 11.3 Å². The molecule has 15 heavy (non-hydrogen) atoms. The van der Waals surface area contributed by atoms with Gasteiger partial charge in [-0.3, -0.25) is 3.96 Å². The first-order valence-electron chi connectivity index (χ1n) is 4.56. The lowest BCUT2D eigenvalue weighted by molar-refractivity contribution is 0.903. The SMILES string of the molecule is C=CCn1snc(-c2ccccc2)c1=S. The summed E-state index contributed by atoms with van der Waals surface area (Å²) in [5.74, 6) is 0. The van der Waals surface area contributed by atoms with Crippen LogP contribution in [-0.4, -0.2) is 8.33 Å². The fourth-order valence-electron chi connectivity index (χ4n) is 1.29. The van der Waals surface area contributed by atoms with Crippen molar-refractivity contribution in [1.82, 2.24) is 8.33 Å². The molecule has 0 unspecified atom stereocenters. The quantitative estimate of drug-likeness (QED) is 0.597. The van der Waals surface area contributed by atoms with Crippen molar-refractivity contribution >= 4 is 23.9 Å². The van der Waals surface area contributed by atoms with E-state index < -0.39 is 0 Å². The van der Waals surface area contributed by atoms with E-state index in [4.69, 9.17) is 12.2 Å². The van der Waals surface area contributed by atoms with Gasteiger partial charge in [0.1, 0.15) is 10.3 Å². The number of hydrogen-bond donors (Lipinski definition) is 0. The maximum Gasteiger partial charge on any atom is 0.144 e. The van der Waals surface area contributed by atoms with E-state index in [1.54, 1.807) is 0 Å². The van der Waals surface area contributed by atoms with E-state index >= 15 is 0 Å². The Morgan fingerprint density at radius 1 is 1.40 bits per heavy atom. The van der Waals surface area contributed by atoms with Crippen molar-refractivity contribution in [3.63, 3.8) is 0 Å². The number of allylic oxidation sites excluding steroid dienone is 1. The molecule has 0 saturated carbocycles. The Morgan fingerprint density at radius 3 is 2.80 bits per heavy atom. The van der Waals surface area contributed by atoms with Gasteiger partial charge in [0, 0.05) is 17.3 Å². The third-order valence-electron chi connectivity index (χ3n) is 2.00. The van der Waals surface area contributed by atoms with Crippen LogP contribution in [0.2, 0.25) is 0 Å². The molecule has 76 valence electrons. The predicted octanol–water partition coefficient (Wildman–Crippen LogP) is 3.53. The third-order valence-corrected chi connectivity index (χ3v) is 3.32. The van der Waals surface area contributed by atoms with Crippen molar-refractivity contribution in [1.29, 1.82) is 0 Å². The zero-order valence-corrected chi connectivity index (χ0v) is 9.72. The van der Waals surface area contributed by atoms with Crippen molar-refractivity contribution in [3.8, 4) is 11.3 Å². The molecule has 1 aromatic carbocycles. The van der Waals surface area contributed by atoms with Crippen LogP contribution in [0.15, 0.2) is 43.0 Å². The van der Waals surface area contributed by atoms with Gasteiger partial charge >= 0.3 is 0 Å². The highest BCUT2D eigenvalue weighted by Gasteiger charge is 2.05. The van der Waals surface area contributed by atoms with Crippen molar-refractivity contribution in [2.24, 2.45) is 0 Å². The van der Waals surface area contributed by atoms with Crippen molar-refractivity contribution in [3.05, 3.63) is 47.6 Å². The molecule has 2 aromatic rings. The maximum absolute atomic E-state index is 5.34. The van der Waals surface area contributed by atoms with Gasteiger partial charge in [-0.15, -0.1) is 6.58 Å². The fraction of sp³-hybridized carbons (Fsp3) is 0.0909. The van der Waals surface area contributed by atoms with E-state index in [1.807, 2.05) is 40.4 Å². The number of hydrogen-bond acceptors (Lipinski definition) is 3. The number of rotatable bonds is 3. The Morgan fingerprint density at radius 2 is 2.13 bits per heavy atom. The first kappa shape index (κ1) is 10.3. The minimum atomic E-state index is 0.726. The van der Waals surface area contributed by atoms with Gasteiger partial charge in [0.05, 0.1) is 6.54 Å². The summed E-state index contributed by atoms with van der Waals surface area (Å²) in [7, 11) is 0. The Kier molecular flexibility index (Phi) is 3.08. The minimum absolute atomic E-state index is 0.726. The fourth-order valence-corrected chi connectivity index (χ4v) is 2.39. The van der Waals surface area contributed by atoms with Gasteiger partial charge in [-0.25, -0.2) is 0 Å². The molecule has 4 heteroatoms. The van der Waals surface area contributed by atoms with Gasteiger partial charge in [-0.05, 0) is 0 Å². The van der Waals surface area contributed by atoms with Gasteiger partial charge in [0.2, 0.25) is 0 Å². The topological polar surface area (TPSA) is 17.8 Å². The summed E-state index contributed by atoms with van der Waals surface area (Å²) in [4.78, 5) is 0. The van der Waals surface area contributed by atoms with Crippen molar-refractivity contribution < 1.29 is 0 Å². The average Bonchev–Trinajstić information content (AvgIpc) is 2.63. The third kappa shape index (κ3) is 2.06. The highest BCUT2D eigenvalue weighted by molar-refractivity contribution is 7.71. The second-order valence-corrected chi connectivity index (χ2v) is 4.22. The average molecular weight is 234 g/mol.